The molecule has 192 valence electrons. The number of nitrogens with one attached hydrogen (secondary N) is 1. The first-order valence-electron chi connectivity index (χ1n) is 12.4. The molecule has 0 radical (unpaired) electrons. The number of aromatic nitrogens is 2. The molecule has 2 heterocycles. The third kappa shape index (κ3) is 5.46. The molecule has 0 amide bonds. The van der Waals surface area contributed by atoms with Gasteiger partial charge in [0.05, 0.1) is 17.4 Å². The number of anilines is 1. The van der Waals surface area contributed by atoms with Gasteiger partial charge in [-0.3, -0.25) is 4.72 Å². The van der Waals surface area contributed by atoms with E-state index in [1.807, 2.05) is 43.3 Å². The number of hydrogen-bond donors (Lipinski definition) is 2. The average molecular weight is 520 g/mol. The number of rotatable bonds is 10. The standard InChI is InChI=1S/C28H29N3O5S/c1-2-20(16-19-8-4-3-5-9-19)25-18-24(32)27(28(33)36-25)26(21-12-13-21)22-10-6-11-23(17-22)30-37(34,35)31-15-7-14-29-31/h3-11,14-15,17-18,20-21,26,30,32H,2,12-13,16H2,1H3. The van der Waals surface area contributed by atoms with Crippen LogP contribution in [0.4, 0.5) is 5.69 Å². The molecule has 1 aliphatic carbocycles. The van der Waals surface area contributed by atoms with Crippen LogP contribution in [0.3, 0.4) is 0 Å². The summed E-state index contributed by atoms with van der Waals surface area (Å²) in [7, 11) is -3.92. The van der Waals surface area contributed by atoms with Gasteiger partial charge in [0, 0.05) is 24.1 Å². The van der Waals surface area contributed by atoms with E-state index in [4.69, 9.17) is 4.42 Å². The maximum atomic E-state index is 13.3. The minimum Gasteiger partial charge on any atom is -0.507 e. The maximum absolute atomic E-state index is 13.3. The Kier molecular flexibility index (Phi) is 6.88. The highest BCUT2D eigenvalue weighted by molar-refractivity contribution is 7.91. The highest BCUT2D eigenvalue weighted by Crippen LogP contribution is 2.48. The molecule has 1 saturated carbocycles. The van der Waals surface area contributed by atoms with E-state index in [0.717, 1.165) is 34.5 Å². The van der Waals surface area contributed by atoms with Crippen molar-refractivity contribution in [3.05, 3.63) is 112 Å². The monoisotopic (exact) mass is 519 g/mol. The Hall–Kier alpha value is -3.85. The van der Waals surface area contributed by atoms with Gasteiger partial charge in [0.25, 0.3) is 0 Å². The van der Waals surface area contributed by atoms with E-state index in [0.29, 0.717) is 17.9 Å². The first-order chi connectivity index (χ1) is 17.9. The molecule has 8 nitrogen and oxygen atoms in total. The molecular weight excluding hydrogens is 490 g/mol. The maximum Gasteiger partial charge on any atom is 0.343 e. The molecular formula is C28H29N3O5S. The van der Waals surface area contributed by atoms with Crippen molar-refractivity contribution in [1.82, 2.24) is 9.19 Å². The van der Waals surface area contributed by atoms with Gasteiger partial charge in [-0.05, 0) is 60.9 Å². The molecule has 0 bridgehead atoms. The lowest BCUT2D eigenvalue weighted by molar-refractivity contribution is 0.379. The molecule has 0 spiro atoms. The van der Waals surface area contributed by atoms with Crippen molar-refractivity contribution in [3.8, 4) is 5.75 Å². The molecule has 4 aromatic rings. The zero-order valence-corrected chi connectivity index (χ0v) is 21.3. The molecule has 37 heavy (non-hydrogen) atoms. The molecule has 2 aromatic heterocycles. The minimum absolute atomic E-state index is 0.0468. The average Bonchev–Trinajstić information content (AvgIpc) is 3.55. The van der Waals surface area contributed by atoms with Gasteiger partial charge in [0.2, 0.25) is 0 Å². The Morgan fingerprint density at radius 2 is 1.89 bits per heavy atom. The van der Waals surface area contributed by atoms with Crippen molar-refractivity contribution in [2.45, 2.75) is 44.4 Å². The topological polar surface area (TPSA) is 114 Å². The molecule has 0 aliphatic heterocycles. The fourth-order valence-corrected chi connectivity index (χ4v) is 5.76. The quantitative estimate of drug-likeness (QED) is 0.304. The summed E-state index contributed by atoms with van der Waals surface area (Å²) >= 11 is 0. The Morgan fingerprint density at radius 1 is 1.11 bits per heavy atom. The van der Waals surface area contributed by atoms with Crippen molar-refractivity contribution in [2.75, 3.05) is 4.72 Å². The van der Waals surface area contributed by atoms with Crippen LogP contribution < -0.4 is 10.3 Å². The predicted molar refractivity (Wildman–Crippen MR) is 141 cm³/mol. The van der Waals surface area contributed by atoms with Gasteiger partial charge < -0.3 is 9.52 Å². The van der Waals surface area contributed by atoms with E-state index in [2.05, 4.69) is 9.82 Å². The van der Waals surface area contributed by atoms with Crippen molar-refractivity contribution >= 4 is 15.9 Å². The first kappa shape index (κ1) is 24.8. The summed E-state index contributed by atoms with van der Waals surface area (Å²) in [5, 5.41) is 14.9. The van der Waals surface area contributed by atoms with E-state index < -0.39 is 21.8 Å². The van der Waals surface area contributed by atoms with E-state index >= 15 is 0 Å². The van der Waals surface area contributed by atoms with Crippen LogP contribution in [0.2, 0.25) is 0 Å². The van der Waals surface area contributed by atoms with Crippen molar-refractivity contribution in [1.29, 1.82) is 0 Å². The molecule has 2 unspecified atom stereocenters. The Morgan fingerprint density at radius 3 is 2.54 bits per heavy atom. The second-order valence-electron chi connectivity index (χ2n) is 9.46. The number of aromatic hydroxyl groups is 1. The molecule has 1 aliphatic rings. The SMILES string of the molecule is CCC(Cc1ccccc1)c1cc(O)c(C(c2cccc(NS(=O)(=O)n3cccn3)c2)C2CC2)c(=O)o1. The number of benzene rings is 2. The summed E-state index contributed by atoms with van der Waals surface area (Å²) in [6.07, 6.45) is 5.98. The summed E-state index contributed by atoms with van der Waals surface area (Å²) in [6, 6.07) is 20.0. The van der Waals surface area contributed by atoms with Crippen molar-refractivity contribution < 1.29 is 17.9 Å². The summed E-state index contributed by atoms with van der Waals surface area (Å²) in [5.74, 6) is 0.0806. The van der Waals surface area contributed by atoms with Gasteiger partial charge in [-0.25, -0.2) is 4.79 Å². The Labute approximate surface area is 215 Å². The fraction of sp³-hybridized carbons (Fsp3) is 0.286. The van der Waals surface area contributed by atoms with Crippen LogP contribution in [-0.4, -0.2) is 22.7 Å². The molecule has 5 rings (SSSR count). The van der Waals surface area contributed by atoms with Crippen LogP contribution in [0.1, 0.15) is 60.5 Å². The lowest BCUT2D eigenvalue weighted by Gasteiger charge is -2.20. The minimum atomic E-state index is -3.92. The van der Waals surface area contributed by atoms with Gasteiger partial charge in [-0.15, -0.1) is 4.09 Å². The van der Waals surface area contributed by atoms with Crippen LogP contribution in [0.25, 0.3) is 0 Å². The summed E-state index contributed by atoms with van der Waals surface area (Å²) in [4.78, 5) is 13.3. The lowest BCUT2D eigenvalue weighted by Crippen LogP contribution is -2.22. The highest BCUT2D eigenvalue weighted by atomic mass is 32.2. The second kappa shape index (κ2) is 10.3. The van der Waals surface area contributed by atoms with Gasteiger partial charge in [0.15, 0.2) is 0 Å². The number of hydrogen-bond acceptors (Lipinski definition) is 6. The molecule has 2 atom stereocenters. The molecule has 1 fully saturated rings. The Balaban J connectivity index is 1.46. The third-order valence-corrected chi connectivity index (χ3v) is 8.03. The van der Waals surface area contributed by atoms with Gasteiger partial charge in [-0.2, -0.15) is 13.5 Å². The first-order valence-corrected chi connectivity index (χ1v) is 13.8. The van der Waals surface area contributed by atoms with Crippen molar-refractivity contribution in [3.63, 3.8) is 0 Å². The van der Waals surface area contributed by atoms with Crippen molar-refractivity contribution in [2.24, 2.45) is 5.92 Å². The summed E-state index contributed by atoms with van der Waals surface area (Å²) in [5.41, 5.74) is 1.86. The zero-order valence-electron chi connectivity index (χ0n) is 20.4. The molecule has 9 heteroatoms. The van der Waals surface area contributed by atoms with Crippen LogP contribution in [-0.2, 0) is 16.6 Å². The van der Waals surface area contributed by atoms with Gasteiger partial charge in [0.1, 0.15) is 11.5 Å². The van der Waals surface area contributed by atoms with Crippen LogP contribution in [0.5, 0.6) is 5.75 Å². The van der Waals surface area contributed by atoms with E-state index in [-0.39, 0.29) is 23.1 Å². The smallest absolute Gasteiger partial charge is 0.343 e. The summed E-state index contributed by atoms with van der Waals surface area (Å²) in [6.45, 7) is 2.03. The second-order valence-corrected chi connectivity index (χ2v) is 11.0. The van der Waals surface area contributed by atoms with E-state index in [1.165, 1.54) is 18.5 Å². The van der Waals surface area contributed by atoms with Gasteiger partial charge >= 0.3 is 15.8 Å². The van der Waals surface area contributed by atoms with Crippen LogP contribution in [0.15, 0.2) is 88.3 Å². The summed E-state index contributed by atoms with van der Waals surface area (Å²) < 4.78 is 34.4. The van der Waals surface area contributed by atoms with Gasteiger partial charge in [-0.1, -0.05) is 49.4 Å². The largest absolute Gasteiger partial charge is 0.507 e. The highest BCUT2D eigenvalue weighted by Gasteiger charge is 2.38. The molecule has 2 aromatic carbocycles. The Bertz CT molecular complexity index is 1530. The molecule has 0 saturated heterocycles. The van der Waals surface area contributed by atoms with Crippen LogP contribution in [0, 0.1) is 5.92 Å². The third-order valence-electron chi connectivity index (χ3n) is 6.83. The normalized spacial score (nSPS) is 15.3. The predicted octanol–water partition coefficient (Wildman–Crippen LogP) is 5.03. The van der Waals surface area contributed by atoms with E-state index in [9.17, 15) is 18.3 Å². The van der Waals surface area contributed by atoms with Crippen LogP contribution >= 0.6 is 0 Å². The number of nitrogens with zero attached hydrogens (tertiary/aromatic N) is 2. The zero-order chi connectivity index (χ0) is 26.0. The lowest BCUT2D eigenvalue weighted by atomic mass is 9.86. The van der Waals surface area contributed by atoms with E-state index in [1.54, 1.807) is 24.3 Å². The molecule has 2 N–H and O–H groups in total. The fourth-order valence-electron chi connectivity index (χ4n) is 4.83.